The first-order valence-electron chi connectivity index (χ1n) is 6.46. The lowest BCUT2D eigenvalue weighted by molar-refractivity contribution is -0.0192. The summed E-state index contributed by atoms with van der Waals surface area (Å²) in [5.74, 6) is 0.108. The number of hydrogen-bond acceptors (Lipinski definition) is 2. The summed E-state index contributed by atoms with van der Waals surface area (Å²) in [6.45, 7) is 0.942. The molecule has 1 aliphatic rings. The fourth-order valence-electron chi connectivity index (χ4n) is 2.50. The van der Waals surface area contributed by atoms with Gasteiger partial charge in [-0.05, 0) is 37.4 Å². The average Bonchev–Trinajstić information content (AvgIpc) is 2.38. The molecular formula is C14H19ClFNO. The van der Waals surface area contributed by atoms with Gasteiger partial charge in [-0.15, -0.1) is 0 Å². The van der Waals surface area contributed by atoms with E-state index in [0.29, 0.717) is 29.7 Å². The molecule has 1 fully saturated rings. The van der Waals surface area contributed by atoms with Gasteiger partial charge in [0.15, 0.2) is 0 Å². The van der Waals surface area contributed by atoms with Crippen LogP contribution in [0.25, 0.3) is 0 Å². The molecule has 1 aromatic carbocycles. The van der Waals surface area contributed by atoms with Crippen LogP contribution in [0, 0.1) is 11.7 Å². The number of nitrogens with two attached hydrogens (primary N) is 1. The monoisotopic (exact) mass is 271 g/mol. The summed E-state index contributed by atoms with van der Waals surface area (Å²) in [7, 11) is 0. The number of ether oxygens (including phenoxy) is 1. The van der Waals surface area contributed by atoms with Crippen molar-refractivity contribution >= 4 is 11.6 Å². The number of halogens is 2. The Morgan fingerprint density at radius 1 is 1.33 bits per heavy atom. The Kier molecular flexibility index (Phi) is 4.98. The minimum atomic E-state index is -0.303. The van der Waals surface area contributed by atoms with Crippen molar-refractivity contribution in [1.29, 1.82) is 0 Å². The van der Waals surface area contributed by atoms with Gasteiger partial charge >= 0.3 is 0 Å². The molecule has 0 aromatic heterocycles. The fraction of sp³-hybridized carbons (Fsp3) is 0.571. The molecule has 2 unspecified atom stereocenters. The highest BCUT2D eigenvalue weighted by molar-refractivity contribution is 6.30. The Hall–Kier alpha value is -0.640. The molecule has 4 heteroatoms. The van der Waals surface area contributed by atoms with Crippen LogP contribution in [0.5, 0.6) is 0 Å². The van der Waals surface area contributed by atoms with Gasteiger partial charge in [0.2, 0.25) is 0 Å². The number of rotatable bonds is 4. The lowest BCUT2D eigenvalue weighted by atomic mass is 9.86. The van der Waals surface area contributed by atoms with Gasteiger partial charge in [0.05, 0.1) is 12.7 Å². The van der Waals surface area contributed by atoms with Crippen molar-refractivity contribution in [2.45, 2.75) is 38.4 Å². The normalized spacial score (nSPS) is 24.2. The van der Waals surface area contributed by atoms with Crippen LogP contribution < -0.4 is 5.73 Å². The van der Waals surface area contributed by atoms with Gasteiger partial charge in [0.25, 0.3) is 0 Å². The van der Waals surface area contributed by atoms with Gasteiger partial charge < -0.3 is 10.5 Å². The van der Waals surface area contributed by atoms with Crippen molar-refractivity contribution < 1.29 is 9.13 Å². The van der Waals surface area contributed by atoms with E-state index in [9.17, 15) is 4.39 Å². The van der Waals surface area contributed by atoms with Gasteiger partial charge in [0.1, 0.15) is 5.82 Å². The van der Waals surface area contributed by atoms with Gasteiger partial charge in [0, 0.05) is 10.6 Å². The average molecular weight is 272 g/mol. The van der Waals surface area contributed by atoms with E-state index >= 15 is 0 Å². The van der Waals surface area contributed by atoms with Crippen LogP contribution in [-0.2, 0) is 11.3 Å². The van der Waals surface area contributed by atoms with Crippen LogP contribution in [0.3, 0.4) is 0 Å². The summed E-state index contributed by atoms with van der Waals surface area (Å²) in [6, 6.07) is 4.68. The summed E-state index contributed by atoms with van der Waals surface area (Å²) >= 11 is 5.71. The van der Waals surface area contributed by atoms with Crippen molar-refractivity contribution in [2.24, 2.45) is 11.7 Å². The van der Waals surface area contributed by atoms with Crippen molar-refractivity contribution in [3.05, 3.63) is 34.6 Å². The molecule has 2 atom stereocenters. The summed E-state index contributed by atoms with van der Waals surface area (Å²) in [4.78, 5) is 0. The molecule has 2 N–H and O–H groups in total. The maximum Gasteiger partial charge on any atom is 0.130 e. The highest BCUT2D eigenvalue weighted by Gasteiger charge is 2.24. The molecule has 0 spiro atoms. The van der Waals surface area contributed by atoms with E-state index in [2.05, 4.69) is 0 Å². The zero-order valence-corrected chi connectivity index (χ0v) is 11.1. The summed E-state index contributed by atoms with van der Waals surface area (Å²) in [6.07, 6.45) is 4.70. The molecule has 1 aromatic rings. The molecule has 0 bridgehead atoms. The highest BCUT2D eigenvalue weighted by atomic mass is 35.5. The van der Waals surface area contributed by atoms with E-state index in [-0.39, 0.29) is 11.9 Å². The van der Waals surface area contributed by atoms with E-state index in [1.165, 1.54) is 18.9 Å². The summed E-state index contributed by atoms with van der Waals surface area (Å²) < 4.78 is 19.4. The SMILES string of the molecule is NCC1CCCCC1OCc1ccc(Cl)cc1F. The van der Waals surface area contributed by atoms with Crippen molar-refractivity contribution in [2.75, 3.05) is 6.54 Å². The van der Waals surface area contributed by atoms with Gasteiger partial charge in [-0.25, -0.2) is 4.39 Å². The maximum atomic E-state index is 13.6. The molecule has 2 rings (SSSR count). The second-order valence-corrected chi connectivity index (χ2v) is 5.30. The minimum absolute atomic E-state index is 0.166. The predicted octanol–water partition coefficient (Wildman–Crippen LogP) is 3.51. The summed E-state index contributed by atoms with van der Waals surface area (Å²) in [5, 5.41) is 0.411. The first kappa shape index (κ1) is 13.8. The van der Waals surface area contributed by atoms with Crippen molar-refractivity contribution in [3.63, 3.8) is 0 Å². The van der Waals surface area contributed by atoms with Crippen LogP contribution in [-0.4, -0.2) is 12.6 Å². The Balaban J connectivity index is 1.93. The fourth-order valence-corrected chi connectivity index (χ4v) is 2.66. The van der Waals surface area contributed by atoms with Crippen LogP contribution in [0.4, 0.5) is 4.39 Å². The molecule has 0 radical (unpaired) electrons. The molecule has 18 heavy (non-hydrogen) atoms. The van der Waals surface area contributed by atoms with E-state index < -0.39 is 0 Å². The highest BCUT2D eigenvalue weighted by Crippen LogP contribution is 2.27. The standard InChI is InChI=1S/C14H19ClFNO/c15-12-6-5-11(13(16)7-12)9-18-14-4-2-1-3-10(14)8-17/h5-7,10,14H,1-4,8-9,17H2. The topological polar surface area (TPSA) is 35.2 Å². The lowest BCUT2D eigenvalue weighted by Crippen LogP contribution is -2.33. The van der Waals surface area contributed by atoms with Crippen LogP contribution in [0.2, 0.25) is 5.02 Å². The molecule has 0 heterocycles. The third kappa shape index (κ3) is 3.44. The third-order valence-corrected chi connectivity index (χ3v) is 3.85. The Labute approximate surface area is 112 Å². The molecule has 1 saturated carbocycles. The van der Waals surface area contributed by atoms with Crippen LogP contribution in [0.1, 0.15) is 31.2 Å². The zero-order valence-electron chi connectivity index (χ0n) is 10.4. The zero-order chi connectivity index (χ0) is 13.0. The maximum absolute atomic E-state index is 13.6. The molecule has 0 amide bonds. The molecule has 2 nitrogen and oxygen atoms in total. The Morgan fingerprint density at radius 3 is 2.83 bits per heavy atom. The second-order valence-electron chi connectivity index (χ2n) is 4.87. The van der Waals surface area contributed by atoms with Crippen LogP contribution >= 0.6 is 11.6 Å². The first-order chi connectivity index (χ1) is 8.70. The number of hydrogen-bond donors (Lipinski definition) is 1. The van der Waals surface area contributed by atoms with Crippen molar-refractivity contribution in [1.82, 2.24) is 0 Å². The number of benzene rings is 1. The van der Waals surface area contributed by atoms with E-state index in [1.54, 1.807) is 12.1 Å². The predicted molar refractivity (Wildman–Crippen MR) is 71.0 cm³/mol. The third-order valence-electron chi connectivity index (χ3n) is 3.61. The second kappa shape index (κ2) is 6.50. The largest absolute Gasteiger partial charge is 0.373 e. The molecule has 1 aliphatic carbocycles. The molecule has 100 valence electrons. The van der Waals surface area contributed by atoms with Gasteiger partial charge in [-0.3, -0.25) is 0 Å². The first-order valence-corrected chi connectivity index (χ1v) is 6.84. The quantitative estimate of drug-likeness (QED) is 0.909. The van der Waals surface area contributed by atoms with E-state index in [0.717, 1.165) is 12.8 Å². The lowest BCUT2D eigenvalue weighted by Gasteiger charge is -2.30. The smallest absolute Gasteiger partial charge is 0.130 e. The van der Waals surface area contributed by atoms with Crippen LogP contribution in [0.15, 0.2) is 18.2 Å². The Morgan fingerprint density at radius 2 is 2.11 bits per heavy atom. The summed E-state index contributed by atoms with van der Waals surface area (Å²) in [5.41, 5.74) is 6.30. The molecular weight excluding hydrogens is 253 g/mol. The van der Waals surface area contributed by atoms with Gasteiger partial charge in [-0.2, -0.15) is 0 Å². The molecule has 0 aliphatic heterocycles. The Bertz CT molecular complexity index is 399. The van der Waals surface area contributed by atoms with E-state index in [1.807, 2.05) is 0 Å². The van der Waals surface area contributed by atoms with Gasteiger partial charge in [-0.1, -0.05) is 30.5 Å². The van der Waals surface area contributed by atoms with E-state index in [4.69, 9.17) is 22.1 Å². The molecule has 0 saturated heterocycles. The van der Waals surface area contributed by atoms with Crippen molar-refractivity contribution in [3.8, 4) is 0 Å². The minimum Gasteiger partial charge on any atom is -0.373 e.